The molecular formula is C14H22BNO2. The minimum absolute atomic E-state index is 0.556. The maximum Gasteiger partial charge on any atom is 0.488 e. The van der Waals surface area contributed by atoms with Gasteiger partial charge in [0.1, 0.15) is 0 Å². The molecule has 98 valence electrons. The molecule has 0 radical (unpaired) electrons. The fourth-order valence-corrected chi connectivity index (χ4v) is 2.85. The van der Waals surface area contributed by atoms with Gasteiger partial charge in [0.25, 0.3) is 0 Å². The maximum absolute atomic E-state index is 9.07. The van der Waals surface area contributed by atoms with Gasteiger partial charge in [-0.15, -0.1) is 0 Å². The average Bonchev–Trinajstić information content (AvgIpc) is 2.71. The number of rotatable bonds is 4. The zero-order chi connectivity index (χ0) is 13.1. The molecule has 0 aliphatic carbocycles. The summed E-state index contributed by atoms with van der Waals surface area (Å²) < 4.78 is 0. The third-order valence-corrected chi connectivity index (χ3v) is 4.07. The Kier molecular flexibility index (Phi) is 4.43. The van der Waals surface area contributed by atoms with Crippen molar-refractivity contribution >= 4 is 12.6 Å². The number of benzene rings is 1. The molecule has 1 saturated heterocycles. The van der Waals surface area contributed by atoms with Crippen LogP contribution in [0.4, 0.5) is 0 Å². The summed E-state index contributed by atoms with van der Waals surface area (Å²) in [6, 6.07) is 8.92. The van der Waals surface area contributed by atoms with E-state index in [9.17, 15) is 0 Å². The van der Waals surface area contributed by atoms with Crippen molar-refractivity contribution in [2.24, 2.45) is 0 Å². The molecule has 0 aromatic heterocycles. The van der Waals surface area contributed by atoms with Gasteiger partial charge < -0.3 is 10.0 Å². The van der Waals surface area contributed by atoms with Gasteiger partial charge in [0, 0.05) is 18.6 Å². The first kappa shape index (κ1) is 13.6. The molecule has 3 nitrogen and oxygen atoms in total. The third kappa shape index (κ3) is 2.94. The summed E-state index contributed by atoms with van der Waals surface area (Å²) in [5.41, 5.74) is 1.80. The summed E-state index contributed by atoms with van der Waals surface area (Å²) in [5, 5.41) is 18.1. The molecule has 1 aliphatic heterocycles. The van der Waals surface area contributed by atoms with Crippen molar-refractivity contribution in [1.29, 1.82) is 0 Å². The van der Waals surface area contributed by atoms with Crippen molar-refractivity contribution in [1.82, 2.24) is 4.90 Å². The average molecular weight is 247 g/mol. The highest BCUT2D eigenvalue weighted by molar-refractivity contribution is 6.58. The van der Waals surface area contributed by atoms with Gasteiger partial charge in [0.2, 0.25) is 0 Å². The number of hydrogen-bond acceptors (Lipinski definition) is 3. The summed E-state index contributed by atoms with van der Waals surface area (Å²) in [4.78, 5) is 2.56. The summed E-state index contributed by atoms with van der Waals surface area (Å²) in [7, 11) is -1.37. The van der Waals surface area contributed by atoms with Crippen LogP contribution in [0.3, 0.4) is 0 Å². The lowest BCUT2D eigenvalue weighted by Crippen LogP contribution is -2.34. The summed E-state index contributed by atoms with van der Waals surface area (Å²) in [5.74, 6) is 0. The molecule has 1 aromatic carbocycles. The monoisotopic (exact) mass is 247 g/mol. The zero-order valence-corrected chi connectivity index (χ0v) is 11.2. The van der Waals surface area contributed by atoms with Crippen LogP contribution >= 0.6 is 0 Å². The minimum Gasteiger partial charge on any atom is -0.423 e. The van der Waals surface area contributed by atoms with Crippen LogP contribution in [0, 0.1) is 0 Å². The van der Waals surface area contributed by atoms with E-state index >= 15 is 0 Å². The van der Waals surface area contributed by atoms with Crippen molar-refractivity contribution in [3.63, 3.8) is 0 Å². The van der Waals surface area contributed by atoms with Gasteiger partial charge in [0.05, 0.1) is 0 Å². The Morgan fingerprint density at radius 2 is 1.89 bits per heavy atom. The van der Waals surface area contributed by atoms with Crippen LogP contribution in [0.5, 0.6) is 0 Å². The van der Waals surface area contributed by atoms with Crippen LogP contribution in [-0.2, 0) is 6.54 Å². The summed E-state index contributed by atoms with van der Waals surface area (Å²) >= 11 is 0. The fourth-order valence-electron chi connectivity index (χ4n) is 2.85. The van der Waals surface area contributed by atoms with Crippen molar-refractivity contribution in [2.75, 3.05) is 0 Å². The molecule has 1 aliphatic rings. The van der Waals surface area contributed by atoms with E-state index in [-0.39, 0.29) is 0 Å². The lowest BCUT2D eigenvalue weighted by Gasteiger charge is -2.27. The molecule has 0 bridgehead atoms. The Morgan fingerprint density at radius 1 is 1.22 bits per heavy atom. The number of likely N-dealkylation sites (tertiary alicyclic amines) is 1. The van der Waals surface area contributed by atoms with E-state index in [0.717, 1.165) is 6.54 Å². The molecular weight excluding hydrogens is 225 g/mol. The van der Waals surface area contributed by atoms with Crippen LogP contribution in [0.25, 0.3) is 0 Å². The molecule has 1 fully saturated rings. The first-order valence-corrected chi connectivity index (χ1v) is 6.82. The Labute approximate surface area is 110 Å². The number of nitrogens with zero attached hydrogens (tertiary/aromatic N) is 1. The zero-order valence-electron chi connectivity index (χ0n) is 11.2. The first-order chi connectivity index (χ1) is 8.61. The second-order valence-corrected chi connectivity index (χ2v) is 5.28. The topological polar surface area (TPSA) is 43.7 Å². The highest BCUT2D eigenvalue weighted by Gasteiger charge is 2.28. The van der Waals surface area contributed by atoms with E-state index < -0.39 is 7.12 Å². The highest BCUT2D eigenvalue weighted by atomic mass is 16.4. The molecule has 18 heavy (non-hydrogen) atoms. The van der Waals surface area contributed by atoms with Gasteiger partial charge in [-0.05, 0) is 37.2 Å². The van der Waals surface area contributed by atoms with Gasteiger partial charge >= 0.3 is 7.12 Å². The molecule has 4 heteroatoms. The highest BCUT2D eigenvalue weighted by Crippen LogP contribution is 2.27. The SMILES string of the molecule is CCC1CCC(C)N1Cc1ccc(B(O)O)cc1. The van der Waals surface area contributed by atoms with Crippen molar-refractivity contribution in [3.05, 3.63) is 29.8 Å². The second-order valence-electron chi connectivity index (χ2n) is 5.28. The molecule has 2 unspecified atom stereocenters. The number of hydrogen-bond donors (Lipinski definition) is 2. The quantitative estimate of drug-likeness (QED) is 0.784. The Hall–Kier alpha value is -0.835. The van der Waals surface area contributed by atoms with Gasteiger partial charge in [-0.1, -0.05) is 31.2 Å². The summed E-state index contributed by atoms with van der Waals surface area (Å²) in [6.45, 7) is 5.50. The third-order valence-electron chi connectivity index (χ3n) is 4.07. The molecule has 2 atom stereocenters. The van der Waals surface area contributed by atoms with E-state index in [2.05, 4.69) is 18.7 Å². The smallest absolute Gasteiger partial charge is 0.423 e. The molecule has 1 aromatic rings. The Balaban J connectivity index is 2.04. The van der Waals surface area contributed by atoms with E-state index in [1.165, 1.54) is 24.8 Å². The predicted octanol–water partition coefficient (Wildman–Crippen LogP) is 1.13. The lowest BCUT2D eigenvalue weighted by atomic mass is 9.80. The van der Waals surface area contributed by atoms with Crippen molar-refractivity contribution in [3.8, 4) is 0 Å². The molecule has 1 heterocycles. The molecule has 2 rings (SSSR count). The van der Waals surface area contributed by atoms with Gasteiger partial charge in [-0.2, -0.15) is 0 Å². The first-order valence-electron chi connectivity index (χ1n) is 6.82. The standard InChI is InChI=1S/C14H22BNO2/c1-3-14-9-4-11(2)16(14)10-12-5-7-13(8-6-12)15(17)18/h5-8,11,14,17-18H,3-4,9-10H2,1-2H3. The maximum atomic E-state index is 9.07. The van der Waals surface area contributed by atoms with Gasteiger partial charge in [-0.25, -0.2) is 0 Å². The van der Waals surface area contributed by atoms with E-state index in [4.69, 9.17) is 10.0 Å². The molecule has 2 N–H and O–H groups in total. The largest absolute Gasteiger partial charge is 0.488 e. The normalized spacial score (nSPS) is 24.4. The van der Waals surface area contributed by atoms with Crippen LogP contribution < -0.4 is 5.46 Å². The lowest BCUT2D eigenvalue weighted by molar-refractivity contribution is 0.189. The van der Waals surface area contributed by atoms with Crippen molar-refractivity contribution < 1.29 is 10.0 Å². The molecule has 0 amide bonds. The van der Waals surface area contributed by atoms with Gasteiger partial charge in [-0.3, -0.25) is 4.90 Å². The van der Waals surface area contributed by atoms with E-state index in [1.54, 1.807) is 12.1 Å². The fraction of sp³-hybridized carbons (Fsp3) is 0.571. The Bertz CT molecular complexity index is 380. The molecule has 0 saturated carbocycles. The van der Waals surface area contributed by atoms with E-state index in [0.29, 0.717) is 17.5 Å². The molecule has 0 spiro atoms. The van der Waals surface area contributed by atoms with Crippen LogP contribution in [0.15, 0.2) is 24.3 Å². The summed E-state index contributed by atoms with van der Waals surface area (Å²) in [6.07, 6.45) is 3.79. The van der Waals surface area contributed by atoms with Gasteiger partial charge in [0.15, 0.2) is 0 Å². The minimum atomic E-state index is -1.37. The van der Waals surface area contributed by atoms with Crippen LogP contribution in [-0.4, -0.2) is 34.2 Å². The van der Waals surface area contributed by atoms with Crippen LogP contribution in [0.2, 0.25) is 0 Å². The van der Waals surface area contributed by atoms with E-state index in [1.807, 2.05) is 12.1 Å². The second kappa shape index (κ2) is 5.87. The Morgan fingerprint density at radius 3 is 2.44 bits per heavy atom. The van der Waals surface area contributed by atoms with Crippen molar-refractivity contribution in [2.45, 2.75) is 51.7 Å². The predicted molar refractivity (Wildman–Crippen MR) is 74.6 cm³/mol. The van der Waals surface area contributed by atoms with Crippen LogP contribution in [0.1, 0.15) is 38.7 Å².